The summed E-state index contributed by atoms with van der Waals surface area (Å²) < 4.78 is 23.7. The van der Waals surface area contributed by atoms with Gasteiger partial charge in [-0.1, -0.05) is 24.3 Å². The van der Waals surface area contributed by atoms with Crippen LogP contribution in [-0.4, -0.2) is 18.9 Å². The van der Waals surface area contributed by atoms with Crippen molar-refractivity contribution in [3.63, 3.8) is 0 Å². The van der Waals surface area contributed by atoms with Gasteiger partial charge in [-0.25, -0.2) is 0 Å². The highest BCUT2D eigenvalue weighted by atomic mass is 31.2. The minimum Gasteiger partial charge on any atom is -0.309 e. The van der Waals surface area contributed by atoms with Crippen LogP contribution in [0.3, 0.4) is 0 Å². The molecule has 96 valence electrons. The predicted molar refractivity (Wildman–Crippen MR) is 69.1 cm³/mol. The van der Waals surface area contributed by atoms with Gasteiger partial charge < -0.3 is 9.05 Å². The molecule has 4 heteroatoms. The molecule has 2 aliphatic carbocycles. The van der Waals surface area contributed by atoms with Crippen molar-refractivity contribution in [1.82, 2.24) is 0 Å². The third kappa shape index (κ3) is 2.73. The molecule has 0 aliphatic heterocycles. The van der Waals surface area contributed by atoms with Crippen molar-refractivity contribution in [2.75, 3.05) is 13.2 Å². The van der Waals surface area contributed by atoms with Crippen LogP contribution >= 0.6 is 7.60 Å². The molecule has 2 rings (SSSR count). The van der Waals surface area contributed by atoms with Crippen LogP contribution in [0.15, 0.2) is 24.3 Å². The first kappa shape index (κ1) is 13.1. The smallest absolute Gasteiger partial charge is 0.309 e. The van der Waals surface area contributed by atoms with Gasteiger partial charge in [0, 0.05) is 0 Å². The number of fused-ring (bicyclic) bond motifs is 2. The SMILES string of the molecule is CCOP(=O)(OCC)[C@H]1C[C@@H]2C=CC=C[C@H]1C2. The topological polar surface area (TPSA) is 35.5 Å². The molecular formula is C13H21O3P. The number of hydrogen-bond donors (Lipinski definition) is 0. The standard InChI is InChI=1S/C13H21O3P/c1-3-15-17(14,16-4-2)13-10-11-7-5-6-8-12(13)9-11/h5-8,11-13H,3-4,9-10H2,1-2H3/t11-,12+,13+/m1/s1. The monoisotopic (exact) mass is 256 g/mol. The molecule has 0 N–H and O–H groups in total. The lowest BCUT2D eigenvalue weighted by atomic mass is 10.1. The average molecular weight is 256 g/mol. The van der Waals surface area contributed by atoms with E-state index in [4.69, 9.17) is 9.05 Å². The predicted octanol–water partition coefficient (Wildman–Crippen LogP) is 3.77. The summed E-state index contributed by atoms with van der Waals surface area (Å²) in [5.41, 5.74) is 0.0357. The minimum absolute atomic E-state index is 0.0357. The van der Waals surface area contributed by atoms with E-state index in [1.165, 1.54) is 0 Å². The Bertz CT molecular complexity index is 352. The lowest BCUT2D eigenvalue weighted by Crippen LogP contribution is -2.17. The molecule has 0 aromatic rings. The summed E-state index contributed by atoms with van der Waals surface area (Å²) in [7, 11) is -2.94. The maximum Gasteiger partial charge on any atom is 0.334 e. The Morgan fingerprint density at radius 2 is 1.76 bits per heavy atom. The number of rotatable bonds is 5. The van der Waals surface area contributed by atoms with Gasteiger partial charge in [0.1, 0.15) is 0 Å². The van der Waals surface area contributed by atoms with Gasteiger partial charge in [-0.2, -0.15) is 0 Å². The zero-order valence-electron chi connectivity index (χ0n) is 10.5. The first-order valence-electron chi connectivity index (χ1n) is 6.43. The second kappa shape index (κ2) is 5.51. The van der Waals surface area contributed by atoms with Gasteiger partial charge in [0.15, 0.2) is 0 Å². The van der Waals surface area contributed by atoms with Crippen molar-refractivity contribution in [2.24, 2.45) is 11.8 Å². The normalized spacial score (nSPS) is 31.8. The summed E-state index contributed by atoms with van der Waals surface area (Å²) in [5.74, 6) is 0.855. The summed E-state index contributed by atoms with van der Waals surface area (Å²) in [6.07, 6.45) is 10.5. The third-order valence-corrected chi connectivity index (χ3v) is 6.13. The Morgan fingerprint density at radius 1 is 1.12 bits per heavy atom. The van der Waals surface area contributed by atoms with E-state index in [0.29, 0.717) is 25.0 Å². The van der Waals surface area contributed by atoms with Gasteiger partial charge in [-0.3, -0.25) is 4.57 Å². The van der Waals surface area contributed by atoms with Crippen molar-refractivity contribution < 1.29 is 13.6 Å². The van der Waals surface area contributed by atoms with E-state index in [-0.39, 0.29) is 5.66 Å². The molecule has 17 heavy (non-hydrogen) atoms. The van der Waals surface area contributed by atoms with Gasteiger partial charge in [0.05, 0.1) is 18.9 Å². The van der Waals surface area contributed by atoms with Crippen LogP contribution in [0.2, 0.25) is 0 Å². The maximum absolute atomic E-state index is 12.8. The van der Waals surface area contributed by atoms with Crippen LogP contribution in [0.4, 0.5) is 0 Å². The molecular weight excluding hydrogens is 235 g/mol. The van der Waals surface area contributed by atoms with Crippen molar-refractivity contribution in [3.05, 3.63) is 24.3 Å². The molecule has 3 nitrogen and oxygen atoms in total. The molecule has 0 spiro atoms. The molecule has 0 radical (unpaired) electrons. The van der Waals surface area contributed by atoms with Gasteiger partial charge >= 0.3 is 7.60 Å². The quantitative estimate of drug-likeness (QED) is 0.702. The van der Waals surface area contributed by atoms with Crippen LogP contribution in [0.25, 0.3) is 0 Å². The van der Waals surface area contributed by atoms with E-state index in [9.17, 15) is 4.57 Å². The van der Waals surface area contributed by atoms with Crippen LogP contribution in [0.1, 0.15) is 26.7 Å². The fourth-order valence-electron chi connectivity index (χ4n) is 2.83. The summed E-state index contributed by atoms with van der Waals surface area (Å²) >= 11 is 0. The van der Waals surface area contributed by atoms with Gasteiger partial charge in [0.2, 0.25) is 0 Å². The fraction of sp³-hybridized carbons (Fsp3) is 0.692. The van der Waals surface area contributed by atoms with Crippen LogP contribution in [0.5, 0.6) is 0 Å². The van der Waals surface area contributed by atoms with E-state index in [1.54, 1.807) is 0 Å². The molecule has 0 unspecified atom stereocenters. The Balaban J connectivity index is 2.18. The zero-order valence-corrected chi connectivity index (χ0v) is 11.4. The molecule has 3 atom stereocenters. The largest absolute Gasteiger partial charge is 0.334 e. The van der Waals surface area contributed by atoms with Crippen molar-refractivity contribution in [3.8, 4) is 0 Å². The summed E-state index contributed by atoms with van der Waals surface area (Å²) in [6.45, 7) is 4.64. The number of hydrogen-bond acceptors (Lipinski definition) is 3. The van der Waals surface area contributed by atoms with E-state index in [0.717, 1.165) is 12.8 Å². The van der Waals surface area contributed by atoms with Crippen LogP contribution in [0, 0.1) is 11.8 Å². The molecule has 0 saturated heterocycles. The van der Waals surface area contributed by atoms with E-state index in [1.807, 2.05) is 13.8 Å². The first-order valence-corrected chi connectivity index (χ1v) is 8.04. The Hall–Kier alpha value is -0.370. The second-order valence-corrected chi connectivity index (χ2v) is 6.87. The minimum atomic E-state index is -2.94. The number of allylic oxidation sites excluding steroid dienone is 4. The molecule has 1 saturated carbocycles. The molecule has 2 bridgehead atoms. The van der Waals surface area contributed by atoms with Crippen molar-refractivity contribution >= 4 is 7.60 Å². The fourth-order valence-corrected chi connectivity index (χ4v) is 5.23. The third-order valence-electron chi connectivity index (χ3n) is 3.49. The molecule has 0 heterocycles. The lowest BCUT2D eigenvalue weighted by Gasteiger charge is -2.26. The van der Waals surface area contributed by atoms with Gasteiger partial charge in [-0.15, -0.1) is 0 Å². The Labute approximate surface area is 103 Å². The first-order chi connectivity index (χ1) is 8.19. The molecule has 2 aliphatic rings. The van der Waals surface area contributed by atoms with Gasteiger partial charge in [0.25, 0.3) is 0 Å². The van der Waals surface area contributed by atoms with Crippen molar-refractivity contribution in [1.29, 1.82) is 0 Å². The van der Waals surface area contributed by atoms with Crippen LogP contribution in [-0.2, 0) is 13.6 Å². The highest BCUT2D eigenvalue weighted by Crippen LogP contribution is 2.61. The maximum atomic E-state index is 12.8. The van der Waals surface area contributed by atoms with E-state index < -0.39 is 7.60 Å². The summed E-state index contributed by atoms with van der Waals surface area (Å²) in [5, 5.41) is 0. The molecule has 0 aromatic heterocycles. The van der Waals surface area contributed by atoms with Crippen LogP contribution < -0.4 is 0 Å². The zero-order chi connectivity index (χ0) is 12.3. The molecule has 0 aromatic carbocycles. The highest BCUT2D eigenvalue weighted by molar-refractivity contribution is 7.54. The molecule has 1 fully saturated rings. The van der Waals surface area contributed by atoms with E-state index >= 15 is 0 Å². The second-order valence-electron chi connectivity index (χ2n) is 4.61. The summed E-state index contributed by atoms with van der Waals surface area (Å²) in [6, 6.07) is 0. The Morgan fingerprint density at radius 3 is 2.41 bits per heavy atom. The molecule has 0 amide bonds. The lowest BCUT2D eigenvalue weighted by molar-refractivity contribution is 0.209. The highest BCUT2D eigenvalue weighted by Gasteiger charge is 2.45. The Kier molecular flexibility index (Phi) is 4.24. The summed E-state index contributed by atoms with van der Waals surface area (Å²) in [4.78, 5) is 0. The van der Waals surface area contributed by atoms with Crippen molar-refractivity contribution in [2.45, 2.75) is 32.3 Å². The average Bonchev–Trinajstić information content (AvgIpc) is 2.52. The van der Waals surface area contributed by atoms with E-state index in [2.05, 4.69) is 24.3 Å². The van der Waals surface area contributed by atoms with Gasteiger partial charge in [-0.05, 0) is 38.5 Å².